The molecule has 0 aromatic heterocycles. The van der Waals surface area contributed by atoms with Crippen LogP contribution in [0.1, 0.15) is 310 Å². The maximum Gasteiger partial charge on any atom is 0.472 e. The van der Waals surface area contributed by atoms with Gasteiger partial charge < -0.3 is 33.8 Å². The van der Waals surface area contributed by atoms with Crippen molar-refractivity contribution in [2.24, 2.45) is 0 Å². The monoisotopic (exact) mass is 1470 g/mol. The number of unbranched alkanes of at least 4 members (excludes halogenated alkanes) is 25. The number of ether oxygens (including phenoxy) is 4. The number of carbonyl (C=O) groups excluding carboxylic acids is 4. The SMILES string of the molecule is CC/C=C\C/C=C\C/C=C\C/C=C\CCCCCCC(=O)OCC(COP(=O)(O)OCC(O)COP(=O)(O)OCC(COC(=O)CCCCCCCCC/C=C\C/C=C\C/C=C\CC)OC(=O)CCCCCCCCC/C=C\C/C=C\C/C=C\CC)OC(=O)CCCCCCC/C=C\CCCC. The Hall–Kier alpha value is -4.80. The topological polar surface area (TPSA) is 237 Å². The van der Waals surface area contributed by atoms with E-state index < -0.39 is 97.5 Å². The fraction of sp³-hybridized carbons (Fsp3) is 0.687. The number of rotatable bonds is 73. The smallest absolute Gasteiger partial charge is 0.462 e. The highest BCUT2D eigenvalue weighted by Gasteiger charge is 2.30. The zero-order valence-corrected chi connectivity index (χ0v) is 65.5. The van der Waals surface area contributed by atoms with Crippen LogP contribution in [0.5, 0.6) is 0 Å². The minimum atomic E-state index is -4.99. The Morgan fingerprint density at radius 1 is 0.284 bits per heavy atom. The Balaban J connectivity index is 5.37. The average Bonchev–Trinajstić information content (AvgIpc) is 0.923. The number of aliphatic hydroxyl groups excluding tert-OH is 1. The molecule has 0 aromatic carbocycles. The van der Waals surface area contributed by atoms with Crippen molar-refractivity contribution in [2.45, 2.75) is 329 Å². The van der Waals surface area contributed by atoms with Gasteiger partial charge in [-0.1, -0.05) is 271 Å². The van der Waals surface area contributed by atoms with Crippen LogP contribution in [-0.2, 0) is 65.4 Å². The normalized spacial score (nSPS) is 14.6. The van der Waals surface area contributed by atoms with E-state index in [1.54, 1.807) is 0 Å². The molecule has 0 amide bonds. The van der Waals surface area contributed by atoms with E-state index in [-0.39, 0.29) is 25.7 Å². The number of aliphatic hydroxyl groups is 1. The predicted molar refractivity (Wildman–Crippen MR) is 418 cm³/mol. The zero-order chi connectivity index (χ0) is 74.6. The Bertz CT molecular complexity index is 2460. The summed E-state index contributed by atoms with van der Waals surface area (Å²) in [6.07, 6.45) is 82.9. The number of phosphoric ester groups is 2. The van der Waals surface area contributed by atoms with Gasteiger partial charge in [-0.25, -0.2) is 9.13 Å². The van der Waals surface area contributed by atoms with Crippen LogP contribution in [0.15, 0.2) is 134 Å². The molecule has 0 fully saturated rings. The molecule has 584 valence electrons. The summed E-state index contributed by atoms with van der Waals surface area (Å²) in [5, 5.41) is 10.6. The molecule has 0 aliphatic carbocycles. The third-order valence-electron chi connectivity index (χ3n) is 16.1. The number of hydrogen-bond donors (Lipinski definition) is 3. The Labute approximate surface area is 618 Å². The molecule has 3 N–H and O–H groups in total. The second-order valence-electron chi connectivity index (χ2n) is 25.9. The fourth-order valence-corrected chi connectivity index (χ4v) is 11.7. The lowest BCUT2D eigenvalue weighted by Gasteiger charge is -2.21. The molecule has 0 bridgehead atoms. The zero-order valence-electron chi connectivity index (χ0n) is 63.7. The number of esters is 4. The van der Waals surface area contributed by atoms with Crippen molar-refractivity contribution >= 4 is 39.5 Å². The summed E-state index contributed by atoms with van der Waals surface area (Å²) in [6.45, 7) is 4.45. The standard InChI is InChI=1S/C83H140O17P2/c1-5-9-13-17-21-25-29-32-35-38-41-44-48-51-55-59-63-67-80(85)93-73-78(99-82(87)69-65-61-57-53-47-28-24-20-16-12-8-4)75-97-101(89,90)95-71-77(84)72-96-102(91,92)98-76-79(100-83(88)70-66-62-58-54-50-46-43-40-37-34-31-27-23-19-15-11-7-3)74-94-81(86)68-64-60-56-52-49-45-42-39-36-33-30-26-22-18-14-10-6-2/h9-11,13-15,20-27,32-37,41,44,77-79,84H,5-8,12,16-19,28-31,38-40,42-43,45-76H2,1-4H3,(H,89,90)(H,91,92)/b13-9-,14-10-,15-11-,24-20-,25-21-,26-22-,27-23-,35-32-,36-33-,37-34-,44-41-. The van der Waals surface area contributed by atoms with Gasteiger partial charge in [0.15, 0.2) is 12.2 Å². The van der Waals surface area contributed by atoms with Crippen LogP contribution in [0, 0.1) is 0 Å². The van der Waals surface area contributed by atoms with Gasteiger partial charge in [-0.2, -0.15) is 0 Å². The van der Waals surface area contributed by atoms with E-state index in [9.17, 15) is 43.2 Å². The lowest BCUT2D eigenvalue weighted by atomic mass is 10.1. The van der Waals surface area contributed by atoms with Gasteiger partial charge in [0.2, 0.25) is 0 Å². The highest BCUT2D eigenvalue weighted by molar-refractivity contribution is 7.47. The van der Waals surface area contributed by atoms with E-state index in [1.165, 1.54) is 12.8 Å². The van der Waals surface area contributed by atoms with Crippen molar-refractivity contribution in [3.05, 3.63) is 134 Å². The molecular weight excluding hydrogens is 1330 g/mol. The van der Waals surface area contributed by atoms with Crippen LogP contribution in [0.25, 0.3) is 0 Å². The minimum absolute atomic E-state index is 0.0761. The molecule has 0 aliphatic heterocycles. The lowest BCUT2D eigenvalue weighted by molar-refractivity contribution is -0.161. The van der Waals surface area contributed by atoms with Crippen LogP contribution in [-0.4, -0.2) is 96.7 Å². The molecular formula is C83H140O17P2. The van der Waals surface area contributed by atoms with Crippen LogP contribution in [0.4, 0.5) is 0 Å². The largest absolute Gasteiger partial charge is 0.472 e. The summed E-state index contributed by atoms with van der Waals surface area (Å²) in [6, 6.07) is 0. The molecule has 0 aromatic rings. The quantitative estimate of drug-likeness (QED) is 0.0169. The number of hydrogen-bond acceptors (Lipinski definition) is 15. The molecule has 0 spiro atoms. The average molecular weight is 1470 g/mol. The summed E-state index contributed by atoms with van der Waals surface area (Å²) in [4.78, 5) is 73.0. The molecule has 17 nitrogen and oxygen atoms in total. The Morgan fingerprint density at radius 3 is 0.794 bits per heavy atom. The second-order valence-corrected chi connectivity index (χ2v) is 28.8. The summed E-state index contributed by atoms with van der Waals surface area (Å²) >= 11 is 0. The maximum absolute atomic E-state index is 13.1. The van der Waals surface area contributed by atoms with Crippen LogP contribution in [0.2, 0.25) is 0 Å². The Morgan fingerprint density at radius 2 is 0.510 bits per heavy atom. The van der Waals surface area contributed by atoms with E-state index in [2.05, 4.69) is 161 Å². The molecule has 0 aliphatic rings. The molecule has 0 saturated carbocycles. The first-order chi connectivity index (χ1) is 49.7. The van der Waals surface area contributed by atoms with Crippen LogP contribution < -0.4 is 0 Å². The molecule has 102 heavy (non-hydrogen) atoms. The van der Waals surface area contributed by atoms with Crippen molar-refractivity contribution in [3.8, 4) is 0 Å². The van der Waals surface area contributed by atoms with E-state index >= 15 is 0 Å². The van der Waals surface area contributed by atoms with Crippen molar-refractivity contribution in [2.75, 3.05) is 39.6 Å². The van der Waals surface area contributed by atoms with E-state index in [1.807, 2.05) is 0 Å². The number of phosphoric acid groups is 2. The van der Waals surface area contributed by atoms with Gasteiger partial charge in [0.25, 0.3) is 0 Å². The van der Waals surface area contributed by atoms with Crippen molar-refractivity contribution in [1.29, 1.82) is 0 Å². The third-order valence-corrected chi connectivity index (χ3v) is 18.0. The van der Waals surface area contributed by atoms with Gasteiger partial charge in [-0.15, -0.1) is 0 Å². The van der Waals surface area contributed by atoms with Gasteiger partial charge in [-0.3, -0.25) is 37.3 Å². The first-order valence-corrected chi connectivity index (χ1v) is 42.4. The first kappa shape index (κ1) is 97.2. The summed E-state index contributed by atoms with van der Waals surface area (Å²) in [5.74, 6) is -2.23. The van der Waals surface area contributed by atoms with E-state index in [4.69, 9.17) is 37.0 Å². The molecule has 0 saturated heterocycles. The van der Waals surface area contributed by atoms with Gasteiger partial charge in [0.05, 0.1) is 26.4 Å². The van der Waals surface area contributed by atoms with Gasteiger partial charge in [0.1, 0.15) is 19.3 Å². The summed E-state index contributed by atoms with van der Waals surface area (Å²) in [5.41, 5.74) is 0. The summed E-state index contributed by atoms with van der Waals surface area (Å²) < 4.78 is 68.5. The van der Waals surface area contributed by atoms with Crippen molar-refractivity contribution < 1.29 is 80.2 Å². The van der Waals surface area contributed by atoms with E-state index in [0.717, 1.165) is 218 Å². The highest BCUT2D eigenvalue weighted by Crippen LogP contribution is 2.45. The molecule has 19 heteroatoms. The van der Waals surface area contributed by atoms with E-state index in [0.29, 0.717) is 25.7 Å². The molecule has 0 radical (unpaired) electrons. The second kappa shape index (κ2) is 74.5. The van der Waals surface area contributed by atoms with Gasteiger partial charge >= 0.3 is 39.5 Å². The van der Waals surface area contributed by atoms with Gasteiger partial charge in [0, 0.05) is 25.7 Å². The molecule has 0 rings (SSSR count). The molecule has 0 heterocycles. The van der Waals surface area contributed by atoms with Crippen molar-refractivity contribution in [1.82, 2.24) is 0 Å². The lowest BCUT2D eigenvalue weighted by Crippen LogP contribution is -2.30. The molecule has 5 atom stereocenters. The maximum atomic E-state index is 13.1. The fourth-order valence-electron chi connectivity index (χ4n) is 10.2. The highest BCUT2D eigenvalue weighted by atomic mass is 31.2. The first-order valence-electron chi connectivity index (χ1n) is 39.4. The minimum Gasteiger partial charge on any atom is -0.462 e. The third kappa shape index (κ3) is 73.5. The predicted octanol–water partition coefficient (Wildman–Crippen LogP) is 22.9. The number of carbonyl (C=O) groups is 4. The van der Waals surface area contributed by atoms with Gasteiger partial charge in [-0.05, 0) is 148 Å². The number of allylic oxidation sites excluding steroid dienone is 22. The van der Waals surface area contributed by atoms with Crippen molar-refractivity contribution in [3.63, 3.8) is 0 Å². The van der Waals surface area contributed by atoms with Crippen LogP contribution >= 0.6 is 15.6 Å². The molecule has 5 unspecified atom stereocenters. The Kier molecular flexibility index (Phi) is 71.0. The van der Waals surface area contributed by atoms with Crippen LogP contribution in [0.3, 0.4) is 0 Å². The summed E-state index contributed by atoms with van der Waals surface area (Å²) in [7, 11) is -9.97.